The fraction of sp³-hybridized carbons (Fsp3) is 0.357. The molecule has 1 aromatic carbocycles. The van der Waals surface area contributed by atoms with Gasteiger partial charge in [-0.3, -0.25) is 0 Å². The van der Waals surface area contributed by atoms with Crippen LogP contribution in [0.5, 0.6) is 6.01 Å². The van der Waals surface area contributed by atoms with Gasteiger partial charge in [0.05, 0.1) is 7.11 Å². The highest BCUT2D eigenvalue weighted by Crippen LogP contribution is 2.17. The Morgan fingerprint density at radius 3 is 2.52 bits per heavy atom. The minimum Gasteiger partial charge on any atom is -0.467 e. The summed E-state index contributed by atoms with van der Waals surface area (Å²) >= 11 is 3.43. The minimum atomic E-state index is 0.304. The molecule has 0 saturated carbocycles. The van der Waals surface area contributed by atoms with E-state index < -0.39 is 0 Å². The fourth-order valence-corrected chi connectivity index (χ4v) is 2.04. The van der Waals surface area contributed by atoms with Gasteiger partial charge >= 0.3 is 6.01 Å². The summed E-state index contributed by atoms with van der Waals surface area (Å²) in [5, 5.41) is 3.07. The van der Waals surface area contributed by atoms with E-state index in [9.17, 15) is 0 Å². The molecule has 0 unspecified atom stereocenters. The number of aromatic nitrogens is 3. The second kappa shape index (κ2) is 7.21. The lowest BCUT2D eigenvalue weighted by atomic mass is 10.2. The van der Waals surface area contributed by atoms with Crippen LogP contribution >= 0.6 is 15.9 Å². The largest absolute Gasteiger partial charge is 0.467 e. The van der Waals surface area contributed by atoms with Gasteiger partial charge in [0.15, 0.2) is 0 Å². The summed E-state index contributed by atoms with van der Waals surface area (Å²) in [7, 11) is 3.48. The van der Waals surface area contributed by atoms with E-state index in [4.69, 9.17) is 4.74 Å². The van der Waals surface area contributed by atoms with Crippen molar-refractivity contribution in [3.63, 3.8) is 0 Å². The second-order valence-corrected chi connectivity index (χ2v) is 5.37. The first kappa shape index (κ1) is 15.5. The third-order valence-electron chi connectivity index (χ3n) is 2.79. The van der Waals surface area contributed by atoms with Crippen molar-refractivity contribution in [3.8, 4) is 6.01 Å². The maximum absolute atomic E-state index is 5.12. The molecule has 112 valence electrons. The smallest absolute Gasteiger partial charge is 0.322 e. The lowest BCUT2D eigenvalue weighted by Crippen LogP contribution is -2.20. The third-order valence-corrected chi connectivity index (χ3v) is 3.32. The van der Waals surface area contributed by atoms with Gasteiger partial charge in [0.1, 0.15) is 0 Å². The highest BCUT2D eigenvalue weighted by Gasteiger charge is 2.11. The molecule has 1 aromatic heterocycles. The second-order valence-electron chi connectivity index (χ2n) is 4.46. The number of hydrogen-bond donors (Lipinski definition) is 1. The molecule has 0 spiro atoms. The molecular weight excluding hydrogens is 334 g/mol. The van der Waals surface area contributed by atoms with Gasteiger partial charge in [0, 0.05) is 24.6 Å². The molecule has 0 aliphatic rings. The van der Waals surface area contributed by atoms with E-state index in [1.165, 1.54) is 5.56 Å². The van der Waals surface area contributed by atoms with E-state index in [0.717, 1.165) is 11.0 Å². The Kier molecular flexibility index (Phi) is 5.32. The Labute approximate surface area is 132 Å². The summed E-state index contributed by atoms with van der Waals surface area (Å²) in [6.07, 6.45) is 0. The van der Waals surface area contributed by atoms with Crippen LogP contribution in [-0.2, 0) is 6.54 Å². The number of benzene rings is 1. The topological polar surface area (TPSA) is 63.2 Å². The molecule has 0 fully saturated rings. The molecule has 1 N–H and O–H groups in total. The number of hydrogen-bond acceptors (Lipinski definition) is 6. The molecule has 2 rings (SSSR count). The standard InChI is InChI=1S/C14H18BrN5O/c1-4-16-12-17-13(19-14(18-12)21-3)20(2)9-10-5-7-11(15)8-6-10/h5-8H,4,9H2,1-3H3,(H,16,17,18,19). The molecule has 0 amide bonds. The molecule has 0 aliphatic carbocycles. The summed E-state index contributed by atoms with van der Waals surface area (Å²) in [5.41, 5.74) is 1.17. The van der Waals surface area contributed by atoms with Gasteiger partial charge in [-0.15, -0.1) is 0 Å². The van der Waals surface area contributed by atoms with Crippen molar-refractivity contribution in [3.05, 3.63) is 34.3 Å². The number of methoxy groups -OCH3 is 1. The highest BCUT2D eigenvalue weighted by molar-refractivity contribution is 9.10. The van der Waals surface area contributed by atoms with Gasteiger partial charge in [0.2, 0.25) is 11.9 Å². The maximum Gasteiger partial charge on any atom is 0.322 e. The van der Waals surface area contributed by atoms with Crippen LogP contribution in [-0.4, -0.2) is 35.7 Å². The Balaban J connectivity index is 2.19. The maximum atomic E-state index is 5.12. The number of ether oxygens (including phenoxy) is 1. The van der Waals surface area contributed by atoms with Crippen LogP contribution in [0.25, 0.3) is 0 Å². The van der Waals surface area contributed by atoms with Crippen LogP contribution in [0.15, 0.2) is 28.7 Å². The first-order valence-corrected chi connectivity index (χ1v) is 7.41. The molecule has 6 nitrogen and oxygen atoms in total. The lowest BCUT2D eigenvalue weighted by Gasteiger charge is -2.18. The number of nitrogens with one attached hydrogen (secondary N) is 1. The van der Waals surface area contributed by atoms with Gasteiger partial charge in [-0.1, -0.05) is 28.1 Å². The van der Waals surface area contributed by atoms with E-state index in [-0.39, 0.29) is 0 Å². The Hall–Kier alpha value is -1.89. The molecule has 0 bridgehead atoms. The number of rotatable bonds is 6. The summed E-state index contributed by atoms with van der Waals surface area (Å²) in [5.74, 6) is 1.09. The van der Waals surface area contributed by atoms with Crippen LogP contribution in [0.3, 0.4) is 0 Å². The van der Waals surface area contributed by atoms with Crippen LogP contribution in [0, 0.1) is 0 Å². The fourth-order valence-electron chi connectivity index (χ4n) is 1.78. The normalized spacial score (nSPS) is 10.3. The number of anilines is 2. The van der Waals surface area contributed by atoms with Crippen molar-refractivity contribution in [2.75, 3.05) is 30.9 Å². The number of halogens is 1. The summed E-state index contributed by atoms with van der Waals surface area (Å²) in [4.78, 5) is 14.8. The quantitative estimate of drug-likeness (QED) is 0.863. The van der Waals surface area contributed by atoms with E-state index in [1.54, 1.807) is 7.11 Å². The molecule has 0 radical (unpaired) electrons. The van der Waals surface area contributed by atoms with Crippen LogP contribution < -0.4 is 15.0 Å². The monoisotopic (exact) mass is 351 g/mol. The van der Waals surface area contributed by atoms with Crippen molar-refractivity contribution in [2.24, 2.45) is 0 Å². The van der Waals surface area contributed by atoms with E-state index >= 15 is 0 Å². The zero-order valence-corrected chi connectivity index (χ0v) is 13.9. The zero-order chi connectivity index (χ0) is 15.2. The van der Waals surface area contributed by atoms with Crippen LogP contribution in [0.1, 0.15) is 12.5 Å². The average molecular weight is 352 g/mol. The molecular formula is C14H18BrN5O. The molecule has 0 atom stereocenters. The van der Waals surface area contributed by atoms with Crippen molar-refractivity contribution in [2.45, 2.75) is 13.5 Å². The van der Waals surface area contributed by atoms with Gasteiger partial charge in [0.25, 0.3) is 0 Å². The predicted octanol–water partition coefficient (Wildman–Crippen LogP) is 2.71. The Bertz CT molecular complexity index is 590. The van der Waals surface area contributed by atoms with Crippen LogP contribution in [0.4, 0.5) is 11.9 Å². The van der Waals surface area contributed by atoms with Gasteiger partial charge in [-0.25, -0.2) is 0 Å². The highest BCUT2D eigenvalue weighted by atomic mass is 79.9. The molecule has 1 heterocycles. The van der Waals surface area contributed by atoms with E-state index in [1.807, 2.05) is 31.0 Å². The van der Waals surface area contributed by atoms with Gasteiger partial charge in [-0.2, -0.15) is 15.0 Å². The molecule has 0 aliphatic heterocycles. The molecule has 21 heavy (non-hydrogen) atoms. The SMILES string of the molecule is CCNc1nc(OC)nc(N(C)Cc2ccc(Br)cc2)n1. The van der Waals surface area contributed by atoms with Crippen molar-refractivity contribution in [1.82, 2.24) is 15.0 Å². The predicted molar refractivity (Wildman–Crippen MR) is 86.8 cm³/mol. The molecule has 2 aromatic rings. The van der Waals surface area contributed by atoms with Crippen molar-refractivity contribution < 1.29 is 4.74 Å². The van der Waals surface area contributed by atoms with Crippen LogP contribution in [0.2, 0.25) is 0 Å². The molecule has 0 saturated heterocycles. The summed E-state index contributed by atoms with van der Waals surface area (Å²) < 4.78 is 6.18. The summed E-state index contributed by atoms with van der Waals surface area (Å²) in [6.45, 7) is 3.43. The van der Waals surface area contributed by atoms with Gasteiger partial charge < -0.3 is 15.0 Å². The van der Waals surface area contributed by atoms with E-state index in [0.29, 0.717) is 24.5 Å². The van der Waals surface area contributed by atoms with Crippen molar-refractivity contribution in [1.29, 1.82) is 0 Å². The third kappa shape index (κ3) is 4.29. The zero-order valence-electron chi connectivity index (χ0n) is 12.3. The Morgan fingerprint density at radius 2 is 1.90 bits per heavy atom. The van der Waals surface area contributed by atoms with E-state index in [2.05, 4.69) is 48.3 Å². The first-order valence-electron chi connectivity index (χ1n) is 6.62. The first-order chi connectivity index (χ1) is 10.1. The lowest BCUT2D eigenvalue weighted by molar-refractivity contribution is 0.379. The number of nitrogens with zero attached hydrogens (tertiary/aromatic N) is 4. The molecule has 7 heteroatoms. The van der Waals surface area contributed by atoms with Gasteiger partial charge in [-0.05, 0) is 24.6 Å². The Morgan fingerprint density at radius 1 is 1.19 bits per heavy atom. The average Bonchev–Trinajstić information content (AvgIpc) is 2.49. The minimum absolute atomic E-state index is 0.304. The summed E-state index contributed by atoms with van der Waals surface area (Å²) in [6, 6.07) is 8.45. The van der Waals surface area contributed by atoms with Crippen molar-refractivity contribution >= 4 is 27.8 Å².